The average molecular weight is 211 g/mol. The molecule has 0 aliphatic carbocycles. The standard InChI is InChI=1S/C9H10N4.ClH/c10-5-7-2-1-3-8(4-7)9-11-6-12-13-9;/h1-4,6H,5,10H2,(H,11,12,13);1H. The van der Waals surface area contributed by atoms with Crippen LogP contribution in [0.25, 0.3) is 11.4 Å². The quantitative estimate of drug-likeness (QED) is 0.787. The number of hydrogen-bond donors (Lipinski definition) is 2. The van der Waals surface area contributed by atoms with Crippen molar-refractivity contribution in [2.75, 3.05) is 0 Å². The predicted octanol–water partition coefficient (Wildman–Crippen LogP) is 1.35. The van der Waals surface area contributed by atoms with E-state index < -0.39 is 0 Å². The fraction of sp³-hybridized carbons (Fsp3) is 0.111. The van der Waals surface area contributed by atoms with E-state index in [1.54, 1.807) is 0 Å². The fourth-order valence-corrected chi connectivity index (χ4v) is 1.19. The highest BCUT2D eigenvalue weighted by Crippen LogP contribution is 2.14. The van der Waals surface area contributed by atoms with Gasteiger partial charge in [0.25, 0.3) is 0 Å². The molecule has 0 aliphatic heterocycles. The molecule has 74 valence electrons. The third kappa shape index (κ3) is 2.10. The first-order valence-corrected chi connectivity index (χ1v) is 4.05. The first-order chi connectivity index (χ1) is 6.40. The Morgan fingerprint density at radius 1 is 1.36 bits per heavy atom. The van der Waals surface area contributed by atoms with Gasteiger partial charge in [0.05, 0.1) is 0 Å². The van der Waals surface area contributed by atoms with Crippen molar-refractivity contribution in [1.82, 2.24) is 15.2 Å². The minimum absolute atomic E-state index is 0. The molecule has 0 aliphatic rings. The van der Waals surface area contributed by atoms with Gasteiger partial charge in [-0.2, -0.15) is 5.10 Å². The second kappa shape index (κ2) is 4.74. The van der Waals surface area contributed by atoms with Crippen molar-refractivity contribution in [3.05, 3.63) is 36.2 Å². The van der Waals surface area contributed by atoms with E-state index in [-0.39, 0.29) is 12.4 Å². The number of aromatic nitrogens is 3. The normalized spacial score (nSPS) is 9.50. The highest BCUT2D eigenvalue weighted by atomic mass is 35.5. The van der Waals surface area contributed by atoms with E-state index in [9.17, 15) is 0 Å². The number of H-pyrrole nitrogens is 1. The Morgan fingerprint density at radius 2 is 2.21 bits per heavy atom. The van der Waals surface area contributed by atoms with E-state index in [2.05, 4.69) is 15.2 Å². The monoisotopic (exact) mass is 210 g/mol. The Labute approximate surface area is 88.0 Å². The Bertz CT molecular complexity index is 385. The predicted molar refractivity (Wildman–Crippen MR) is 57.0 cm³/mol. The number of nitrogens with zero attached hydrogens (tertiary/aromatic N) is 2. The second-order valence-electron chi connectivity index (χ2n) is 2.74. The van der Waals surface area contributed by atoms with Crippen molar-refractivity contribution in [2.24, 2.45) is 5.73 Å². The van der Waals surface area contributed by atoms with Gasteiger partial charge in [-0.15, -0.1) is 12.4 Å². The maximum absolute atomic E-state index is 5.53. The second-order valence-corrected chi connectivity index (χ2v) is 2.74. The zero-order chi connectivity index (χ0) is 9.10. The Kier molecular flexibility index (Phi) is 3.62. The van der Waals surface area contributed by atoms with Crippen molar-refractivity contribution in [3.63, 3.8) is 0 Å². The molecule has 2 aromatic rings. The van der Waals surface area contributed by atoms with Gasteiger partial charge in [-0.1, -0.05) is 18.2 Å². The number of aromatic amines is 1. The lowest BCUT2D eigenvalue weighted by atomic mass is 10.1. The molecular formula is C9H11ClN4. The molecular weight excluding hydrogens is 200 g/mol. The smallest absolute Gasteiger partial charge is 0.155 e. The summed E-state index contributed by atoms with van der Waals surface area (Å²) in [6.07, 6.45) is 1.49. The molecule has 0 saturated heterocycles. The molecule has 0 bridgehead atoms. The molecule has 2 rings (SSSR count). The van der Waals surface area contributed by atoms with Gasteiger partial charge in [-0.25, -0.2) is 4.98 Å². The van der Waals surface area contributed by atoms with Crippen LogP contribution in [0.15, 0.2) is 30.6 Å². The maximum Gasteiger partial charge on any atom is 0.155 e. The minimum Gasteiger partial charge on any atom is -0.326 e. The van der Waals surface area contributed by atoms with Crippen LogP contribution < -0.4 is 5.73 Å². The Balaban J connectivity index is 0.000000980. The van der Waals surface area contributed by atoms with Crippen LogP contribution in [-0.4, -0.2) is 15.2 Å². The molecule has 4 nitrogen and oxygen atoms in total. The molecule has 0 radical (unpaired) electrons. The van der Waals surface area contributed by atoms with E-state index >= 15 is 0 Å². The van der Waals surface area contributed by atoms with Crippen molar-refractivity contribution >= 4 is 12.4 Å². The highest BCUT2D eigenvalue weighted by Gasteiger charge is 1.99. The summed E-state index contributed by atoms with van der Waals surface area (Å²) in [5.74, 6) is 0.773. The number of rotatable bonds is 2. The first kappa shape index (κ1) is 10.7. The van der Waals surface area contributed by atoms with Crippen LogP contribution in [0, 0.1) is 0 Å². The summed E-state index contributed by atoms with van der Waals surface area (Å²) < 4.78 is 0. The Morgan fingerprint density at radius 3 is 2.86 bits per heavy atom. The van der Waals surface area contributed by atoms with Gasteiger partial charge < -0.3 is 5.73 Å². The molecule has 0 spiro atoms. The topological polar surface area (TPSA) is 67.6 Å². The number of hydrogen-bond acceptors (Lipinski definition) is 3. The van der Waals surface area contributed by atoms with Crippen LogP contribution in [0.5, 0.6) is 0 Å². The molecule has 0 saturated carbocycles. The summed E-state index contributed by atoms with van der Waals surface area (Å²) in [5, 5.41) is 6.59. The summed E-state index contributed by atoms with van der Waals surface area (Å²) in [5.41, 5.74) is 7.63. The summed E-state index contributed by atoms with van der Waals surface area (Å²) in [4.78, 5) is 4.05. The number of halogens is 1. The van der Waals surface area contributed by atoms with Gasteiger partial charge in [0.2, 0.25) is 0 Å². The van der Waals surface area contributed by atoms with Crippen LogP contribution >= 0.6 is 12.4 Å². The van der Waals surface area contributed by atoms with Crippen LogP contribution in [0.1, 0.15) is 5.56 Å². The minimum atomic E-state index is 0. The summed E-state index contributed by atoms with van der Waals surface area (Å²) in [7, 11) is 0. The van der Waals surface area contributed by atoms with Crippen LogP contribution in [0.2, 0.25) is 0 Å². The molecule has 1 heterocycles. The lowest BCUT2D eigenvalue weighted by molar-refractivity contribution is 1.07. The molecule has 0 atom stereocenters. The van der Waals surface area contributed by atoms with E-state index in [0.717, 1.165) is 17.0 Å². The molecule has 1 aromatic carbocycles. The lowest BCUT2D eigenvalue weighted by Crippen LogP contribution is -1.95. The fourth-order valence-electron chi connectivity index (χ4n) is 1.19. The number of benzene rings is 1. The van der Waals surface area contributed by atoms with Gasteiger partial charge in [0.15, 0.2) is 5.82 Å². The van der Waals surface area contributed by atoms with Crippen LogP contribution in [0.3, 0.4) is 0 Å². The summed E-state index contributed by atoms with van der Waals surface area (Å²) in [6, 6.07) is 7.92. The number of nitrogens with two attached hydrogens (primary N) is 1. The van der Waals surface area contributed by atoms with Crippen molar-refractivity contribution < 1.29 is 0 Å². The van der Waals surface area contributed by atoms with Crippen molar-refractivity contribution in [2.45, 2.75) is 6.54 Å². The zero-order valence-electron chi connectivity index (χ0n) is 7.47. The molecule has 14 heavy (non-hydrogen) atoms. The van der Waals surface area contributed by atoms with E-state index in [1.165, 1.54) is 6.33 Å². The molecule has 0 unspecified atom stereocenters. The third-order valence-corrected chi connectivity index (χ3v) is 1.85. The zero-order valence-corrected chi connectivity index (χ0v) is 8.29. The first-order valence-electron chi connectivity index (χ1n) is 4.05. The molecule has 3 N–H and O–H groups in total. The van der Waals surface area contributed by atoms with Gasteiger partial charge in [0.1, 0.15) is 6.33 Å². The van der Waals surface area contributed by atoms with Crippen molar-refractivity contribution in [1.29, 1.82) is 0 Å². The van der Waals surface area contributed by atoms with Crippen molar-refractivity contribution in [3.8, 4) is 11.4 Å². The van der Waals surface area contributed by atoms with E-state index in [0.29, 0.717) is 6.54 Å². The van der Waals surface area contributed by atoms with Gasteiger partial charge in [0, 0.05) is 12.1 Å². The van der Waals surface area contributed by atoms with Gasteiger partial charge in [-0.3, -0.25) is 5.10 Å². The average Bonchev–Trinajstić information content (AvgIpc) is 2.71. The summed E-state index contributed by atoms with van der Waals surface area (Å²) >= 11 is 0. The largest absolute Gasteiger partial charge is 0.326 e. The third-order valence-electron chi connectivity index (χ3n) is 1.85. The highest BCUT2D eigenvalue weighted by molar-refractivity contribution is 5.85. The van der Waals surface area contributed by atoms with Crippen LogP contribution in [-0.2, 0) is 6.54 Å². The maximum atomic E-state index is 5.53. The molecule has 1 aromatic heterocycles. The van der Waals surface area contributed by atoms with Gasteiger partial charge >= 0.3 is 0 Å². The summed E-state index contributed by atoms with van der Waals surface area (Å²) in [6.45, 7) is 0.544. The molecule has 5 heteroatoms. The number of nitrogens with one attached hydrogen (secondary N) is 1. The van der Waals surface area contributed by atoms with E-state index in [1.807, 2.05) is 24.3 Å². The van der Waals surface area contributed by atoms with Crippen LogP contribution in [0.4, 0.5) is 0 Å². The Hall–Kier alpha value is -1.39. The lowest BCUT2D eigenvalue weighted by Gasteiger charge is -1.99. The van der Waals surface area contributed by atoms with E-state index in [4.69, 9.17) is 5.73 Å². The van der Waals surface area contributed by atoms with Gasteiger partial charge in [-0.05, 0) is 11.6 Å². The molecule has 0 fully saturated rings. The molecule has 0 amide bonds. The SMILES string of the molecule is Cl.NCc1cccc(-c2ncn[nH]2)c1.